The smallest absolute Gasteiger partial charge is 0.337 e. The first kappa shape index (κ1) is 22.6. The summed E-state index contributed by atoms with van der Waals surface area (Å²) in [4.78, 5) is 24.1. The Morgan fingerprint density at radius 1 is 1.00 bits per heavy atom. The number of nitrogens with zero attached hydrogens (tertiary/aromatic N) is 3. The highest BCUT2D eigenvalue weighted by molar-refractivity contribution is 7.99. The van der Waals surface area contributed by atoms with Crippen molar-refractivity contribution in [3.8, 4) is 17.1 Å². The largest absolute Gasteiger partial charge is 0.465 e. The average Bonchev–Trinajstić information content (AvgIpc) is 3.27. The summed E-state index contributed by atoms with van der Waals surface area (Å²) in [7, 11) is 1.32. The molecule has 9 heteroatoms. The predicted octanol–water partition coefficient (Wildman–Crippen LogP) is 5.11. The van der Waals surface area contributed by atoms with Crippen LogP contribution in [0.25, 0.3) is 17.1 Å². The third-order valence-electron chi connectivity index (χ3n) is 4.65. The maximum atomic E-state index is 12.5. The standard InChI is InChI=1S/C24H19ClN4O3S/c1-32-23(31)16-10-12-19(13-11-16)26-21(30)15-33-24-28-27-22(17-6-5-7-18(25)14-17)29(24)20-8-3-2-4-9-20/h2-14H,15H2,1H3,(H,26,30). The van der Waals surface area contributed by atoms with Crippen LogP contribution in [0, 0.1) is 0 Å². The summed E-state index contributed by atoms with van der Waals surface area (Å²) < 4.78 is 6.58. The molecule has 1 N–H and O–H groups in total. The Morgan fingerprint density at radius 3 is 2.45 bits per heavy atom. The number of esters is 1. The lowest BCUT2D eigenvalue weighted by molar-refractivity contribution is -0.113. The van der Waals surface area contributed by atoms with Crippen LogP contribution in [0.3, 0.4) is 0 Å². The first-order valence-electron chi connectivity index (χ1n) is 9.93. The molecular formula is C24H19ClN4O3S. The van der Waals surface area contributed by atoms with Gasteiger partial charge in [0.2, 0.25) is 5.91 Å². The molecule has 0 saturated carbocycles. The van der Waals surface area contributed by atoms with Crippen LogP contribution in [0.1, 0.15) is 10.4 Å². The Kier molecular flexibility index (Phi) is 7.07. The number of carbonyl (C=O) groups excluding carboxylic acids is 2. The van der Waals surface area contributed by atoms with Crippen molar-refractivity contribution >= 4 is 40.9 Å². The van der Waals surface area contributed by atoms with E-state index in [0.717, 1.165) is 11.3 Å². The van der Waals surface area contributed by atoms with Gasteiger partial charge in [0.25, 0.3) is 0 Å². The number of rotatable bonds is 7. The normalized spacial score (nSPS) is 10.6. The minimum atomic E-state index is -0.431. The molecule has 4 aromatic rings. The number of hydrogen-bond acceptors (Lipinski definition) is 6. The molecular weight excluding hydrogens is 460 g/mol. The highest BCUT2D eigenvalue weighted by Gasteiger charge is 2.17. The Labute approximate surface area is 199 Å². The van der Waals surface area contributed by atoms with E-state index in [0.29, 0.717) is 27.3 Å². The lowest BCUT2D eigenvalue weighted by Gasteiger charge is -2.11. The Hall–Kier alpha value is -3.62. The summed E-state index contributed by atoms with van der Waals surface area (Å²) in [5.74, 6) is 0.112. The maximum absolute atomic E-state index is 12.5. The van der Waals surface area contributed by atoms with E-state index < -0.39 is 5.97 Å². The number of ether oxygens (including phenoxy) is 1. The summed E-state index contributed by atoms with van der Waals surface area (Å²) >= 11 is 7.44. The molecule has 0 fully saturated rings. The van der Waals surface area contributed by atoms with Crippen molar-refractivity contribution in [2.45, 2.75) is 5.16 Å². The minimum absolute atomic E-state index is 0.124. The van der Waals surface area contributed by atoms with E-state index in [2.05, 4.69) is 20.3 Å². The second-order valence-corrected chi connectivity index (χ2v) is 8.27. The van der Waals surface area contributed by atoms with E-state index in [9.17, 15) is 9.59 Å². The molecule has 0 bridgehead atoms. The quantitative estimate of drug-likeness (QED) is 0.293. The van der Waals surface area contributed by atoms with Gasteiger partial charge in [-0.15, -0.1) is 10.2 Å². The van der Waals surface area contributed by atoms with Gasteiger partial charge < -0.3 is 10.1 Å². The molecule has 0 aliphatic heterocycles. The van der Waals surface area contributed by atoms with Crippen molar-refractivity contribution in [3.63, 3.8) is 0 Å². The molecule has 3 aromatic carbocycles. The van der Waals surface area contributed by atoms with Crippen LogP contribution in [0.4, 0.5) is 5.69 Å². The number of thioether (sulfide) groups is 1. The van der Waals surface area contributed by atoms with Gasteiger partial charge in [0.05, 0.1) is 18.4 Å². The van der Waals surface area contributed by atoms with Crippen molar-refractivity contribution in [3.05, 3.63) is 89.4 Å². The van der Waals surface area contributed by atoms with Crippen molar-refractivity contribution in [2.24, 2.45) is 0 Å². The highest BCUT2D eigenvalue weighted by Crippen LogP contribution is 2.29. The second kappa shape index (κ2) is 10.3. The van der Waals surface area contributed by atoms with Crippen molar-refractivity contribution in [1.82, 2.24) is 14.8 Å². The van der Waals surface area contributed by atoms with Crippen molar-refractivity contribution < 1.29 is 14.3 Å². The number of methoxy groups -OCH3 is 1. The molecule has 7 nitrogen and oxygen atoms in total. The number of para-hydroxylation sites is 1. The summed E-state index contributed by atoms with van der Waals surface area (Å²) in [6.07, 6.45) is 0. The van der Waals surface area contributed by atoms with E-state index in [-0.39, 0.29) is 11.7 Å². The summed E-state index contributed by atoms with van der Waals surface area (Å²) in [6.45, 7) is 0. The third-order valence-corrected chi connectivity index (χ3v) is 5.82. The van der Waals surface area contributed by atoms with Crippen LogP contribution >= 0.6 is 23.4 Å². The number of aromatic nitrogens is 3. The van der Waals surface area contributed by atoms with Crippen LogP contribution in [0.5, 0.6) is 0 Å². The van der Waals surface area contributed by atoms with Gasteiger partial charge in [0.15, 0.2) is 11.0 Å². The van der Waals surface area contributed by atoms with Gasteiger partial charge in [0, 0.05) is 22.0 Å². The molecule has 1 aromatic heterocycles. The number of carbonyl (C=O) groups is 2. The number of benzene rings is 3. The van der Waals surface area contributed by atoms with Crippen molar-refractivity contribution in [2.75, 3.05) is 18.2 Å². The molecule has 0 aliphatic rings. The van der Waals surface area contributed by atoms with Gasteiger partial charge in [-0.1, -0.05) is 53.7 Å². The van der Waals surface area contributed by atoms with Crippen LogP contribution in [-0.2, 0) is 9.53 Å². The zero-order valence-corrected chi connectivity index (χ0v) is 19.1. The summed E-state index contributed by atoms with van der Waals surface area (Å²) in [5, 5.41) is 12.7. The number of hydrogen-bond donors (Lipinski definition) is 1. The summed E-state index contributed by atoms with van der Waals surface area (Å²) in [6, 6.07) is 23.6. The molecule has 0 atom stereocenters. The molecule has 0 saturated heterocycles. The van der Waals surface area contributed by atoms with Crippen molar-refractivity contribution in [1.29, 1.82) is 0 Å². The van der Waals surface area contributed by atoms with E-state index >= 15 is 0 Å². The minimum Gasteiger partial charge on any atom is -0.465 e. The van der Waals surface area contributed by atoms with E-state index in [4.69, 9.17) is 11.6 Å². The molecule has 0 radical (unpaired) electrons. The fourth-order valence-electron chi connectivity index (χ4n) is 3.12. The van der Waals surface area contributed by atoms with Gasteiger partial charge in [-0.3, -0.25) is 9.36 Å². The molecule has 0 spiro atoms. The SMILES string of the molecule is COC(=O)c1ccc(NC(=O)CSc2nnc(-c3cccc(Cl)c3)n2-c2ccccc2)cc1. The van der Waals surface area contributed by atoms with E-state index in [1.54, 1.807) is 30.3 Å². The number of amides is 1. The molecule has 33 heavy (non-hydrogen) atoms. The summed E-state index contributed by atoms with van der Waals surface area (Å²) in [5.41, 5.74) is 2.69. The van der Waals surface area contributed by atoms with Gasteiger partial charge in [-0.05, 0) is 48.5 Å². The topological polar surface area (TPSA) is 86.1 Å². The Morgan fingerprint density at radius 2 is 1.76 bits per heavy atom. The average molecular weight is 479 g/mol. The molecule has 1 amide bonds. The van der Waals surface area contributed by atoms with Crippen LogP contribution in [-0.4, -0.2) is 39.5 Å². The monoisotopic (exact) mass is 478 g/mol. The van der Waals surface area contributed by atoms with Gasteiger partial charge in [-0.2, -0.15) is 0 Å². The van der Waals surface area contributed by atoms with Gasteiger partial charge >= 0.3 is 5.97 Å². The van der Waals surface area contributed by atoms with E-state index in [1.807, 2.05) is 53.1 Å². The second-order valence-electron chi connectivity index (χ2n) is 6.89. The molecule has 4 rings (SSSR count). The van der Waals surface area contributed by atoms with E-state index in [1.165, 1.54) is 18.9 Å². The molecule has 166 valence electrons. The number of nitrogens with one attached hydrogen (secondary N) is 1. The lowest BCUT2D eigenvalue weighted by Crippen LogP contribution is -2.14. The molecule has 0 unspecified atom stereocenters. The predicted molar refractivity (Wildman–Crippen MR) is 129 cm³/mol. The number of anilines is 1. The Balaban J connectivity index is 1.52. The first-order valence-corrected chi connectivity index (χ1v) is 11.3. The fraction of sp³-hybridized carbons (Fsp3) is 0.0833. The Bertz CT molecular complexity index is 1280. The maximum Gasteiger partial charge on any atom is 0.337 e. The lowest BCUT2D eigenvalue weighted by atomic mass is 10.2. The van der Waals surface area contributed by atoms with Crippen LogP contribution < -0.4 is 5.32 Å². The fourth-order valence-corrected chi connectivity index (χ4v) is 4.06. The highest BCUT2D eigenvalue weighted by atomic mass is 35.5. The number of halogens is 1. The zero-order valence-electron chi connectivity index (χ0n) is 17.6. The molecule has 1 heterocycles. The first-order chi connectivity index (χ1) is 16.0. The van der Waals surface area contributed by atoms with Crippen LogP contribution in [0.15, 0.2) is 84.0 Å². The van der Waals surface area contributed by atoms with Crippen LogP contribution in [0.2, 0.25) is 5.02 Å². The van der Waals surface area contributed by atoms with Gasteiger partial charge in [0.1, 0.15) is 0 Å². The molecule has 0 aliphatic carbocycles. The zero-order chi connectivity index (χ0) is 23.2. The third kappa shape index (κ3) is 5.42. The van der Waals surface area contributed by atoms with Gasteiger partial charge in [-0.25, -0.2) is 4.79 Å².